The van der Waals surface area contributed by atoms with Gasteiger partial charge in [0, 0.05) is 6.92 Å². The molecule has 0 aliphatic heterocycles. The van der Waals surface area contributed by atoms with Crippen molar-refractivity contribution in [3.8, 4) is 0 Å². The molecular formula is C14H17ClN2O4. The topological polar surface area (TPSA) is 95.5 Å². The molecule has 0 bridgehead atoms. The van der Waals surface area contributed by atoms with Crippen LogP contribution in [0.3, 0.4) is 0 Å². The van der Waals surface area contributed by atoms with Crippen LogP contribution in [-0.4, -0.2) is 28.9 Å². The van der Waals surface area contributed by atoms with Gasteiger partial charge in [0.2, 0.25) is 11.8 Å². The number of carboxylic acids is 1. The molecule has 114 valence electrons. The minimum Gasteiger partial charge on any atom is -0.478 e. The van der Waals surface area contributed by atoms with Gasteiger partial charge in [-0.2, -0.15) is 0 Å². The second-order valence-electron chi connectivity index (χ2n) is 4.88. The van der Waals surface area contributed by atoms with Gasteiger partial charge in [0.1, 0.15) is 11.6 Å². The number of carbonyl (C=O) groups is 3. The third-order valence-electron chi connectivity index (χ3n) is 2.79. The molecule has 7 heteroatoms. The van der Waals surface area contributed by atoms with Crippen LogP contribution in [0, 0.1) is 5.92 Å². The van der Waals surface area contributed by atoms with Gasteiger partial charge in [0.05, 0.1) is 10.7 Å². The lowest BCUT2D eigenvalue weighted by atomic mass is 10.0. The largest absolute Gasteiger partial charge is 0.478 e. The minimum absolute atomic E-state index is 0.0286. The summed E-state index contributed by atoms with van der Waals surface area (Å²) in [6.07, 6.45) is 0. The van der Waals surface area contributed by atoms with E-state index in [2.05, 4.69) is 10.6 Å². The number of anilines is 1. The molecule has 1 atom stereocenters. The highest BCUT2D eigenvalue weighted by atomic mass is 35.5. The molecule has 1 aromatic rings. The van der Waals surface area contributed by atoms with E-state index in [1.807, 2.05) is 0 Å². The van der Waals surface area contributed by atoms with E-state index in [-0.39, 0.29) is 28.1 Å². The van der Waals surface area contributed by atoms with E-state index in [9.17, 15) is 14.4 Å². The van der Waals surface area contributed by atoms with Crippen molar-refractivity contribution >= 4 is 35.1 Å². The van der Waals surface area contributed by atoms with Crippen molar-refractivity contribution in [2.45, 2.75) is 26.8 Å². The van der Waals surface area contributed by atoms with Crippen LogP contribution in [0.15, 0.2) is 18.2 Å². The van der Waals surface area contributed by atoms with Crippen LogP contribution >= 0.6 is 11.6 Å². The molecule has 0 saturated heterocycles. The highest BCUT2D eigenvalue weighted by Gasteiger charge is 2.25. The predicted octanol–water partition coefficient (Wildman–Crippen LogP) is 2.14. The molecule has 0 heterocycles. The molecule has 21 heavy (non-hydrogen) atoms. The fourth-order valence-corrected chi connectivity index (χ4v) is 2.07. The summed E-state index contributed by atoms with van der Waals surface area (Å²) >= 11 is 5.83. The first-order chi connectivity index (χ1) is 9.73. The van der Waals surface area contributed by atoms with Crippen molar-refractivity contribution in [1.82, 2.24) is 5.32 Å². The zero-order valence-corrected chi connectivity index (χ0v) is 12.7. The molecule has 0 aliphatic rings. The van der Waals surface area contributed by atoms with Gasteiger partial charge in [-0.15, -0.1) is 0 Å². The Morgan fingerprint density at radius 1 is 1.24 bits per heavy atom. The van der Waals surface area contributed by atoms with E-state index in [0.717, 1.165) is 0 Å². The van der Waals surface area contributed by atoms with Gasteiger partial charge in [-0.25, -0.2) is 4.79 Å². The summed E-state index contributed by atoms with van der Waals surface area (Å²) in [5, 5.41) is 14.2. The molecule has 1 unspecified atom stereocenters. The quantitative estimate of drug-likeness (QED) is 0.776. The SMILES string of the molecule is CC(=O)NC(C(=O)Nc1cccc(Cl)c1C(=O)O)C(C)C. The summed E-state index contributed by atoms with van der Waals surface area (Å²) in [6, 6.07) is 3.64. The number of amides is 2. The molecule has 1 rings (SSSR count). The van der Waals surface area contributed by atoms with E-state index in [0.29, 0.717) is 0 Å². The molecule has 0 saturated carbocycles. The number of nitrogens with one attached hydrogen (secondary N) is 2. The number of carbonyl (C=O) groups excluding carboxylic acids is 2. The number of hydrogen-bond donors (Lipinski definition) is 3. The van der Waals surface area contributed by atoms with Crippen LogP contribution in [0.4, 0.5) is 5.69 Å². The Morgan fingerprint density at radius 3 is 2.33 bits per heavy atom. The molecule has 0 radical (unpaired) electrons. The fourth-order valence-electron chi connectivity index (χ4n) is 1.81. The van der Waals surface area contributed by atoms with Crippen LogP contribution < -0.4 is 10.6 Å². The Balaban J connectivity index is 3.04. The molecule has 0 aromatic heterocycles. The fraction of sp³-hybridized carbons (Fsp3) is 0.357. The minimum atomic E-state index is -1.24. The van der Waals surface area contributed by atoms with Crippen molar-refractivity contribution in [3.63, 3.8) is 0 Å². The zero-order chi connectivity index (χ0) is 16.2. The average Bonchev–Trinajstić information content (AvgIpc) is 2.34. The van der Waals surface area contributed by atoms with Gasteiger partial charge in [-0.3, -0.25) is 9.59 Å². The number of hydrogen-bond acceptors (Lipinski definition) is 3. The predicted molar refractivity (Wildman–Crippen MR) is 79.5 cm³/mol. The van der Waals surface area contributed by atoms with E-state index in [1.165, 1.54) is 25.1 Å². The number of benzene rings is 1. The molecular weight excluding hydrogens is 296 g/mol. The van der Waals surface area contributed by atoms with Crippen LogP contribution in [0.25, 0.3) is 0 Å². The van der Waals surface area contributed by atoms with Gasteiger partial charge in [0.15, 0.2) is 0 Å². The average molecular weight is 313 g/mol. The normalized spacial score (nSPS) is 11.9. The first-order valence-electron chi connectivity index (χ1n) is 6.33. The maximum Gasteiger partial charge on any atom is 0.339 e. The number of halogens is 1. The van der Waals surface area contributed by atoms with Crippen molar-refractivity contribution in [2.24, 2.45) is 5.92 Å². The van der Waals surface area contributed by atoms with Crippen LogP contribution in [-0.2, 0) is 9.59 Å². The maximum atomic E-state index is 12.2. The first-order valence-corrected chi connectivity index (χ1v) is 6.71. The molecule has 6 nitrogen and oxygen atoms in total. The monoisotopic (exact) mass is 312 g/mol. The van der Waals surface area contributed by atoms with Crippen molar-refractivity contribution < 1.29 is 19.5 Å². The standard InChI is InChI=1S/C14H17ClN2O4/c1-7(2)12(16-8(3)18)13(19)17-10-6-4-5-9(15)11(10)14(20)21/h4-7,12H,1-3H3,(H,16,18)(H,17,19)(H,20,21). The summed E-state index contributed by atoms with van der Waals surface area (Å²) in [7, 11) is 0. The smallest absolute Gasteiger partial charge is 0.339 e. The Labute approximate surface area is 127 Å². The van der Waals surface area contributed by atoms with E-state index >= 15 is 0 Å². The lowest BCUT2D eigenvalue weighted by Crippen LogP contribution is -2.46. The number of carboxylic acid groups (broad SMARTS) is 1. The lowest BCUT2D eigenvalue weighted by Gasteiger charge is -2.21. The van der Waals surface area contributed by atoms with Gasteiger partial charge in [0.25, 0.3) is 0 Å². The molecule has 2 amide bonds. The highest BCUT2D eigenvalue weighted by molar-refractivity contribution is 6.34. The zero-order valence-electron chi connectivity index (χ0n) is 11.9. The van der Waals surface area contributed by atoms with Crippen LogP contribution in [0.2, 0.25) is 5.02 Å². The highest BCUT2D eigenvalue weighted by Crippen LogP contribution is 2.24. The van der Waals surface area contributed by atoms with Gasteiger partial charge < -0.3 is 15.7 Å². The molecule has 1 aromatic carbocycles. The Morgan fingerprint density at radius 2 is 1.86 bits per heavy atom. The van der Waals surface area contributed by atoms with Gasteiger partial charge in [-0.1, -0.05) is 31.5 Å². The molecule has 3 N–H and O–H groups in total. The molecule has 0 fully saturated rings. The van der Waals surface area contributed by atoms with Crippen molar-refractivity contribution in [3.05, 3.63) is 28.8 Å². The Bertz CT molecular complexity index is 572. The van der Waals surface area contributed by atoms with Crippen LogP contribution in [0.5, 0.6) is 0 Å². The summed E-state index contributed by atoms with van der Waals surface area (Å²) in [4.78, 5) is 34.6. The van der Waals surface area contributed by atoms with Gasteiger partial charge >= 0.3 is 5.97 Å². The van der Waals surface area contributed by atoms with E-state index in [4.69, 9.17) is 16.7 Å². The van der Waals surface area contributed by atoms with Crippen molar-refractivity contribution in [1.29, 1.82) is 0 Å². The van der Waals surface area contributed by atoms with Crippen molar-refractivity contribution in [2.75, 3.05) is 5.32 Å². The maximum absolute atomic E-state index is 12.2. The van der Waals surface area contributed by atoms with E-state index in [1.54, 1.807) is 13.8 Å². The van der Waals surface area contributed by atoms with Gasteiger partial charge in [-0.05, 0) is 18.1 Å². The molecule has 0 aliphatic carbocycles. The summed E-state index contributed by atoms with van der Waals surface area (Å²) in [5.41, 5.74) is -0.0890. The Kier molecular flexibility index (Phi) is 5.72. The third kappa shape index (κ3) is 4.46. The second-order valence-corrected chi connectivity index (χ2v) is 5.29. The first kappa shape index (κ1) is 17.0. The molecule has 0 spiro atoms. The van der Waals surface area contributed by atoms with Crippen LogP contribution in [0.1, 0.15) is 31.1 Å². The number of rotatable bonds is 5. The van der Waals surface area contributed by atoms with E-state index < -0.39 is 17.9 Å². The number of aromatic carboxylic acids is 1. The lowest BCUT2D eigenvalue weighted by molar-refractivity contribution is -0.126. The Hall–Kier alpha value is -2.08. The summed E-state index contributed by atoms with van der Waals surface area (Å²) in [6.45, 7) is 4.86. The summed E-state index contributed by atoms with van der Waals surface area (Å²) < 4.78 is 0. The summed E-state index contributed by atoms with van der Waals surface area (Å²) in [5.74, 6) is -2.23. The second kappa shape index (κ2) is 7.08. The third-order valence-corrected chi connectivity index (χ3v) is 3.11.